The molecular formula is C13H19ClN4. The monoisotopic (exact) mass is 266 g/mol. The number of hydrogen-bond acceptors (Lipinski definition) is 2. The molecule has 0 spiro atoms. The van der Waals surface area contributed by atoms with Crippen LogP contribution in [0.4, 0.5) is 0 Å². The summed E-state index contributed by atoms with van der Waals surface area (Å²) in [6.07, 6.45) is 3.95. The maximum absolute atomic E-state index is 6.19. The van der Waals surface area contributed by atoms with E-state index in [1.54, 1.807) is 0 Å². The molecule has 0 aliphatic carbocycles. The van der Waals surface area contributed by atoms with Crippen LogP contribution in [0.1, 0.15) is 41.7 Å². The largest absolute Gasteiger partial charge is 0.273 e. The lowest BCUT2D eigenvalue weighted by atomic mass is 10.1. The van der Waals surface area contributed by atoms with Gasteiger partial charge < -0.3 is 0 Å². The second kappa shape index (κ2) is 5.14. The number of halogens is 1. The van der Waals surface area contributed by atoms with Crippen molar-refractivity contribution in [3.63, 3.8) is 0 Å². The Balaban J connectivity index is 2.27. The van der Waals surface area contributed by atoms with Gasteiger partial charge in [-0.3, -0.25) is 9.36 Å². The molecule has 5 heteroatoms. The van der Waals surface area contributed by atoms with E-state index >= 15 is 0 Å². The first-order chi connectivity index (χ1) is 8.52. The fraction of sp³-hybridized carbons (Fsp3) is 0.538. The maximum atomic E-state index is 6.19. The smallest absolute Gasteiger partial charge is 0.0693 e. The number of aromatic nitrogens is 4. The number of aryl methyl sites for hydroxylation is 2. The van der Waals surface area contributed by atoms with Crippen LogP contribution in [0.15, 0.2) is 12.4 Å². The lowest BCUT2D eigenvalue weighted by molar-refractivity contribution is 0.646. The molecule has 98 valence electrons. The number of hydrogen-bond donors (Lipinski definition) is 0. The van der Waals surface area contributed by atoms with Gasteiger partial charge in [0, 0.05) is 29.6 Å². The fourth-order valence-corrected chi connectivity index (χ4v) is 2.59. The summed E-state index contributed by atoms with van der Waals surface area (Å²) < 4.78 is 3.92. The molecule has 4 nitrogen and oxygen atoms in total. The minimum absolute atomic E-state index is 0.00267. The highest BCUT2D eigenvalue weighted by atomic mass is 35.5. The molecule has 2 aromatic heterocycles. The van der Waals surface area contributed by atoms with Crippen molar-refractivity contribution in [2.24, 2.45) is 0 Å². The number of alkyl halides is 1. The Hall–Kier alpha value is -1.29. The lowest BCUT2D eigenvalue weighted by Crippen LogP contribution is -2.04. The topological polar surface area (TPSA) is 35.6 Å². The third-order valence-corrected chi connectivity index (χ3v) is 3.40. The SMILES string of the molecule is CCn1cc(Cn2nc(C)c(C(C)Cl)c2C)cn1. The van der Waals surface area contributed by atoms with Crippen molar-refractivity contribution in [3.05, 3.63) is 34.9 Å². The zero-order valence-electron chi connectivity index (χ0n) is 11.3. The molecule has 18 heavy (non-hydrogen) atoms. The highest BCUT2D eigenvalue weighted by Gasteiger charge is 2.15. The maximum Gasteiger partial charge on any atom is 0.0693 e. The van der Waals surface area contributed by atoms with Crippen molar-refractivity contribution in [3.8, 4) is 0 Å². The van der Waals surface area contributed by atoms with Gasteiger partial charge in [-0.15, -0.1) is 11.6 Å². The molecule has 0 aliphatic heterocycles. The average molecular weight is 267 g/mol. The van der Waals surface area contributed by atoms with Crippen LogP contribution in [-0.2, 0) is 13.1 Å². The molecule has 2 aromatic rings. The van der Waals surface area contributed by atoms with Crippen molar-refractivity contribution in [1.29, 1.82) is 0 Å². The van der Waals surface area contributed by atoms with Crippen LogP contribution in [0.25, 0.3) is 0 Å². The molecule has 0 saturated carbocycles. The van der Waals surface area contributed by atoms with E-state index in [0.29, 0.717) is 0 Å². The van der Waals surface area contributed by atoms with Gasteiger partial charge in [0.15, 0.2) is 0 Å². The molecule has 0 bridgehead atoms. The van der Waals surface area contributed by atoms with Gasteiger partial charge in [0.05, 0.1) is 23.8 Å². The summed E-state index contributed by atoms with van der Waals surface area (Å²) >= 11 is 6.19. The van der Waals surface area contributed by atoms with E-state index in [2.05, 4.69) is 30.2 Å². The van der Waals surface area contributed by atoms with E-state index in [4.69, 9.17) is 11.6 Å². The zero-order valence-corrected chi connectivity index (χ0v) is 12.1. The first-order valence-corrected chi connectivity index (χ1v) is 6.65. The molecule has 0 aromatic carbocycles. The second-order valence-electron chi connectivity index (χ2n) is 4.56. The van der Waals surface area contributed by atoms with Gasteiger partial charge in [0.2, 0.25) is 0 Å². The first kappa shape index (κ1) is 13.1. The minimum Gasteiger partial charge on any atom is -0.273 e. The van der Waals surface area contributed by atoms with Crippen molar-refractivity contribution in [2.45, 2.75) is 46.2 Å². The van der Waals surface area contributed by atoms with Crippen LogP contribution in [0.2, 0.25) is 0 Å². The van der Waals surface area contributed by atoms with Gasteiger partial charge in [0.1, 0.15) is 0 Å². The highest BCUT2D eigenvalue weighted by molar-refractivity contribution is 6.20. The Morgan fingerprint density at radius 3 is 2.61 bits per heavy atom. The molecule has 1 unspecified atom stereocenters. The molecule has 0 radical (unpaired) electrons. The number of rotatable bonds is 4. The Morgan fingerprint density at radius 1 is 1.39 bits per heavy atom. The summed E-state index contributed by atoms with van der Waals surface area (Å²) in [5, 5.41) is 8.83. The van der Waals surface area contributed by atoms with E-state index in [1.807, 2.05) is 29.4 Å². The van der Waals surface area contributed by atoms with E-state index in [-0.39, 0.29) is 5.38 Å². The Bertz CT molecular complexity index is 539. The average Bonchev–Trinajstić information content (AvgIpc) is 2.85. The van der Waals surface area contributed by atoms with Crippen LogP contribution in [0.5, 0.6) is 0 Å². The zero-order chi connectivity index (χ0) is 13.3. The highest BCUT2D eigenvalue weighted by Crippen LogP contribution is 2.26. The van der Waals surface area contributed by atoms with Gasteiger partial charge in [-0.1, -0.05) is 0 Å². The lowest BCUT2D eigenvalue weighted by Gasteiger charge is -2.05. The molecule has 0 aliphatic rings. The van der Waals surface area contributed by atoms with Gasteiger partial charge in [-0.2, -0.15) is 10.2 Å². The van der Waals surface area contributed by atoms with E-state index in [0.717, 1.165) is 35.6 Å². The summed E-state index contributed by atoms with van der Waals surface area (Å²) in [7, 11) is 0. The Kier molecular flexibility index (Phi) is 3.76. The van der Waals surface area contributed by atoms with E-state index < -0.39 is 0 Å². The van der Waals surface area contributed by atoms with Crippen LogP contribution in [0, 0.1) is 13.8 Å². The van der Waals surface area contributed by atoms with E-state index in [1.165, 1.54) is 0 Å². The summed E-state index contributed by atoms with van der Waals surface area (Å²) in [5.74, 6) is 0. The number of nitrogens with zero attached hydrogens (tertiary/aromatic N) is 4. The normalized spacial score (nSPS) is 12.9. The predicted octanol–water partition coefficient (Wildman–Crippen LogP) is 3.06. The van der Waals surface area contributed by atoms with Crippen molar-refractivity contribution >= 4 is 11.6 Å². The molecule has 0 saturated heterocycles. The molecule has 0 N–H and O–H groups in total. The predicted molar refractivity (Wildman–Crippen MR) is 73.0 cm³/mol. The van der Waals surface area contributed by atoms with Crippen LogP contribution in [-0.4, -0.2) is 19.6 Å². The molecule has 1 atom stereocenters. The Labute approximate surface area is 113 Å². The molecule has 0 amide bonds. The molecule has 2 heterocycles. The molecular weight excluding hydrogens is 248 g/mol. The summed E-state index contributed by atoms with van der Waals surface area (Å²) in [5.41, 5.74) is 4.45. The van der Waals surface area contributed by atoms with E-state index in [9.17, 15) is 0 Å². The molecule has 0 fully saturated rings. The van der Waals surface area contributed by atoms with Crippen molar-refractivity contribution in [2.75, 3.05) is 0 Å². The first-order valence-electron chi connectivity index (χ1n) is 6.22. The molecule has 2 rings (SSSR count). The van der Waals surface area contributed by atoms with Gasteiger partial charge in [-0.25, -0.2) is 0 Å². The van der Waals surface area contributed by atoms with Gasteiger partial charge >= 0.3 is 0 Å². The van der Waals surface area contributed by atoms with Crippen molar-refractivity contribution in [1.82, 2.24) is 19.6 Å². The van der Waals surface area contributed by atoms with Crippen LogP contribution < -0.4 is 0 Å². The Morgan fingerprint density at radius 2 is 2.11 bits per heavy atom. The van der Waals surface area contributed by atoms with Gasteiger partial charge in [-0.05, 0) is 27.7 Å². The quantitative estimate of drug-likeness (QED) is 0.798. The summed E-state index contributed by atoms with van der Waals surface area (Å²) in [6.45, 7) is 9.77. The van der Waals surface area contributed by atoms with Crippen molar-refractivity contribution < 1.29 is 0 Å². The van der Waals surface area contributed by atoms with Crippen LogP contribution >= 0.6 is 11.6 Å². The standard InChI is InChI=1S/C13H19ClN4/c1-5-17-7-12(6-15-17)8-18-11(4)13(9(2)14)10(3)16-18/h6-7,9H,5,8H2,1-4H3. The minimum atomic E-state index is -0.00267. The second-order valence-corrected chi connectivity index (χ2v) is 5.22. The van der Waals surface area contributed by atoms with Gasteiger partial charge in [0.25, 0.3) is 0 Å². The fourth-order valence-electron chi connectivity index (χ4n) is 2.27. The summed E-state index contributed by atoms with van der Waals surface area (Å²) in [6, 6.07) is 0. The third kappa shape index (κ3) is 2.43. The summed E-state index contributed by atoms with van der Waals surface area (Å²) in [4.78, 5) is 0. The van der Waals surface area contributed by atoms with Crippen LogP contribution in [0.3, 0.4) is 0 Å². The third-order valence-electron chi connectivity index (χ3n) is 3.18.